The first kappa shape index (κ1) is 10.9. The van der Waals surface area contributed by atoms with Gasteiger partial charge in [-0.15, -0.1) is 9.79 Å². The van der Waals surface area contributed by atoms with Gasteiger partial charge in [0.1, 0.15) is 0 Å². The topological polar surface area (TPSA) is 92.5 Å². The summed E-state index contributed by atoms with van der Waals surface area (Å²) in [7, 11) is -2.87. The lowest BCUT2D eigenvalue weighted by Gasteiger charge is -1.34. The molecule has 0 bridgehead atoms. The van der Waals surface area contributed by atoms with E-state index in [0.717, 1.165) is 0 Å². The molecule has 4 nitrogen and oxygen atoms in total. The second-order valence-electron chi connectivity index (χ2n) is 1.31. The molecule has 0 atom stereocenters. The van der Waals surface area contributed by atoms with Crippen LogP contribution in [-0.2, 0) is 4.57 Å². The number of hydrogen-bond donors (Lipinski definition) is 3. The lowest BCUT2D eigenvalue weighted by Crippen LogP contribution is -1.38. The van der Waals surface area contributed by atoms with Crippen molar-refractivity contribution >= 4 is 8.25 Å². The van der Waals surface area contributed by atoms with E-state index in [1.54, 1.807) is 0 Å². The summed E-state index contributed by atoms with van der Waals surface area (Å²) in [5, 5.41) is 0. The van der Waals surface area contributed by atoms with E-state index < -0.39 is 8.25 Å². The summed E-state index contributed by atoms with van der Waals surface area (Å²) in [5.41, 5.74) is 0. The quantitative estimate of drug-likeness (QED) is 0.437. The van der Waals surface area contributed by atoms with Gasteiger partial charge in [-0.25, -0.2) is 0 Å². The second kappa shape index (κ2) is 6.98. The smallest absolute Gasteiger partial charge is 0.344 e. The Morgan fingerprint density at radius 1 is 1.12 bits per heavy atom. The van der Waals surface area contributed by atoms with E-state index in [0.29, 0.717) is 0 Å². The highest BCUT2D eigenvalue weighted by Crippen LogP contribution is 2.14. The van der Waals surface area contributed by atoms with Crippen molar-refractivity contribution in [3.8, 4) is 0 Å². The van der Waals surface area contributed by atoms with Gasteiger partial charge in [0.05, 0.1) is 0 Å². The summed E-state index contributed by atoms with van der Waals surface area (Å²) in [6, 6.07) is 0. The molecule has 0 aromatic heterocycles. The second-order valence-corrected chi connectivity index (χ2v) is 1.82. The molecule has 0 aliphatic heterocycles. The van der Waals surface area contributed by atoms with Gasteiger partial charge in [0.15, 0.2) is 0 Å². The Kier molecular flexibility index (Phi) is 9.49. The monoisotopic (exact) mass is 140 g/mol. The number of rotatable bonds is 0. The van der Waals surface area contributed by atoms with Crippen molar-refractivity contribution < 1.29 is 14.4 Å². The fourth-order valence-electron chi connectivity index (χ4n) is 0. The average molecular weight is 140 g/mol. The minimum Gasteiger partial charge on any atom is -0.344 e. The van der Waals surface area contributed by atoms with Gasteiger partial charge >= 0.3 is 8.25 Å². The zero-order valence-corrected chi connectivity index (χ0v) is 5.47. The maximum atomic E-state index is 8.70. The molecule has 1 fully saturated rings. The first-order valence-corrected chi connectivity index (χ1v) is 3.25. The van der Waals surface area contributed by atoms with E-state index in [1.807, 2.05) is 0 Å². The number of hydrogen-bond acceptors (Lipinski definition) is 2. The molecule has 0 amide bonds. The molecule has 0 aromatic rings. The van der Waals surface area contributed by atoms with E-state index in [9.17, 15) is 0 Å². The van der Waals surface area contributed by atoms with Gasteiger partial charge in [-0.2, -0.15) is 0 Å². The van der Waals surface area contributed by atoms with Gasteiger partial charge in [0, 0.05) is 4.57 Å². The van der Waals surface area contributed by atoms with Gasteiger partial charge in [0.2, 0.25) is 0 Å². The van der Waals surface area contributed by atoms with Crippen molar-refractivity contribution in [2.75, 3.05) is 0 Å². The average Bonchev–Trinajstić information content (AvgIpc) is 2.02. The van der Waals surface area contributed by atoms with Gasteiger partial charge in [-0.1, -0.05) is 19.3 Å². The third-order valence-electron chi connectivity index (χ3n) is 0.354. The molecule has 50 valence electrons. The summed E-state index contributed by atoms with van der Waals surface area (Å²) in [4.78, 5) is 14.2. The molecule has 0 aromatic carbocycles. The van der Waals surface area contributed by atoms with Crippen LogP contribution >= 0.6 is 8.25 Å². The molecule has 1 saturated carbocycles. The van der Waals surface area contributed by atoms with E-state index >= 15 is 0 Å². The Morgan fingerprint density at radius 2 is 1.25 bits per heavy atom. The van der Waals surface area contributed by atoms with Crippen LogP contribution in [0.3, 0.4) is 0 Å². The van der Waals surface area contributed by atoms with Crippen molar-refractivity contribution in [2.45, 2.75) is 19.3 Å². The molecular weight excluding hydrogens is 129 g/mol. The summed E-state index contributed by atoms with van der Waals surface area (Å²) in [6.45, 7) is 0. The van der Waals surface area contributed by atoms with E-state index in [4.69, 9.17) is 14.4 Å². The molecule has 5 heteroatoms. The molecule has 8 heavy (non-hydrogen) atoms. The summed E-state index contributed by atoms with van der Waals surface area (Å²) >= 11 is 0. The molecule has 1 rings (SSSR count). The lowest BCUT2D eigenvalue weighted by molar-refractivity contribution is 0.405. The van der Waals surface area contributed by atoms with Crippen LogP contribution in [0, 0.1) is 0 Å². The molecule has 0 radical (unpaired) electrons. The van der Waals surface area contributed by atoms with Gasteiger partial charge < -0.3 is 6.15 Å². The Labute approximate surface area is 49.1 Å². The van der Waals surface area contributed by atoms with Crippen LogP contribution < -0.4 is 6.15 Å². The van der Waals surface area contributed by atoms with Crippen LogP contribution in [0.4, 0.5) is 0 Å². The Hall–Kier alpha value is -0.0200. The fraction of sp³-hybridized carbons (Fsp3) is 1.00. The normalized spacial score (nSPS) is 12.2. The van der Waals surface area contributed by atoms with E-state index in [-0.39, 0.29) is 6.15 Å². The molecule has 1 aliphatic carbocycles. The molecule has 1 aliphatic rings. The van der Waals surface area contributed by atoms with Crippen LogP contribution in [0.15, 0.2) is 0 Å². The van der Waals surface area contributed by atoms with Crippen molar-refractivity contribution in [1.82, 2.24) is 6.15 Å². The maximum absolute atomic E-state index is 8.70. The minimum atomic E-state index is -2.87. The first-order valence-electron chi connectivity index (χ1n) is 2.08. The molecule has 0 saturated heterocycles. The zero-order valence-electron chi connectivity index (χ0n) is 4.58. The first-order chi connectivity index (χ1) is 3.23. The third-order valence-corrected chi connectivity index (χ3v) is 0.354. The summed E-state index contributed by atoms with van der Waals surface area (Å²) in [6.07, 6.45) is 4.50. The highest BCUT2D eigenvalue weighted by atomic mass is 31.1. The lowest BCUT2D eigenvalue weighted by atomic mass is 11.0. The van der Waals surface area contributed by atoms with Crippen molar-refractivity contribution in [3.05, 3.63) is 0 Å². The molecule has 0 spiro atoms. The predicted octanol–water partition coefficient (Wildman–Crippen LogP) is 0.961. The maximum Gasteiger partial charge on any atom is 0.692 e. The largest absolute Gasteiger partial charge is 0.692 e. The predicted molar refractivity (Wildman–Crippen MR) is 30.9 cm³/mol. The van der Waals surface area contributed by atoms with Crippen LogP contribution in [0.2, 0.25) is 0 Å². The highest BCUT2D eigenvalue weighted by Gasteiger charge is 1.95. The van der Waals surface area contributed by atoms with Gasteiger partial charge in [0.25, 0.3) is 0 Å². The fourth-order valence-corrected chi connectivity index (χ4v) is 0. The Balaban J connectivity index is 0. The van der Waals surface area contributed by atoms with Crippen LogP contribution in [0.25, 0.3) is 0 Å². The molecular formula is C3H11NO3P+. The van der Waals surface area contributed by atoms with Crippen LogP contribution in [-0.4, -0.2) is 9.79 Å². The molecule has 0 unspecified atom stereocenters. The molecule has 0 heterocycles. The van der Waals surface area contributed by atoms with E-state index in [1.165, 1.54) is 19.3 Å². The van der Waals surface area contributed by atoms with Crippen molar-refractivity contribution in [1.29, 1.82) is 0 Å². The third kappa shape index (κ3) is 154. The molecule has 5 N–H and O–H groups in total. The summed E-state index contributed by atoms with van der Waals surface area (Å²) < 4.78 is 8.70. The van der Waals surface area contributed by atoms with Crippen LogP contribution in [0.5, 0.6) is 0 Å². The van der Waals surface area contributed by atoms with Crippen molar-refractivity contribution in [3.63, 3.8) is 0 Å². The minimum absolute atomic E-state index is 0. The van der Waals surface area contributed by atoms with Gasteiger partial charge in [-0.05, 0) is 0 Å². The highest BCUT2D eigenvalue weighted by molar-refractivity contribution is 7.30. The Bertz CT molecular complexity index is 58.8. The van der Waals surface area contributed by atoms with Gasteiger partial charge in [-0.3, -0.25) is 0 Å². The standard InChI is InChI=1S/C3H6.H3N.HO3P/c1-2-3-1;;1-4(2)3/h1-3H2;1H3;(H-,1,2,3)/p+1. The van der Waals surface area contributed by atoms with Crippen LogP contribution in [0.1, 0.15) is 19.3 Å². The van der Waals surface area contributed by atoms with E-state index in [2.05, 4.69) is 0 Å². The van der Waals surface area contributed by atoms with Crippen molar-refractivity contribution in [2.24, 2.45) is 0 Å². The Morgan fingerprint density at radius 3 is 1.25 bits per heavy atom. The zero-order chi connectivity index (χ0) is 5.70. The SMILES string of the molecule is C1CC1.N.O=[P+](O)O. The summed E-state index contributed by atoms with van der Waals surface area (Å²) in [5.74, 6) is 0.